The number of nitrogens with one attached hydrogen (secondary N) is 2. The molecule has 1 fully saturated rings. The Morgan fingerprint density at radius 3 is 2.70 bits per heavy atom. The lowest BCUT2D eigenvalue weighted by atomic mass is 10.2. The first-order valence-electron chi connectivity index (χ1n) is 7.58. The van der Waals surface area contributed by atoms with E-state index in [1.54, 1.807) is 0 Å². The molecule has 120 valence electrons. The molecule has 0 bridgehead atoms. The Hall–Kier alpha value is -0.0800. The molecule has 20 heavy (non-hydrogen) atoms. The van der Waals surface area contributed by atoms with Gasteiger partial charge in [0.1, 0.15) is 0 Å². The van der Waals surface area contributed by atoms with Gasteiger partial charge in [0.25, 0.3) is 0 Å². The standard InChI is InChI=1S/C14H31N5.HI/c1-5-18(4)11-9-16-14(15-3)17-12-13-8-7-10-19(13)6-2;/h13H,5-12H2,1-4H3,(H2,15,16,17);1H. The number of likely N-dealkylation sites (N-methyl/N-ethyl adjacent to an activating group) is 2. The zero-order valence-corrected chi connectivity index (χ0v) is 15.8. The first kappa shape index (κ1) is 19.9. The third-order valence-corrected chi connectivity index (χ3v) is 3.96. The lowest BCUT2D eigenvalue weighted by Crippen LogP contribution is -2.46. The molecule has 0 amide bonds. The molecule has 1 aliphatic heterocycles. The Morgan fingerprint density at radius 1 is 1.35 bits per heavy atom. The molecule has 1 unspecified atom stereocenters. The number of likely N-dealkylation sites (tertiary alicyclic amines) is 1. The number of hydrogen-bond acceptors (Lipinski definition) is 3. The van der Waals surface area contributed by atoms with Gasteiger partial charge in [0.15, 0.2) is 5.96 Å². The maximum absolute atomic E-state index is 4.28. The van der Waals surface area contributed by atoms with E-state index in [2.05, 4.69) is 46.3 Å². The highest BCUT2D eigenvalue weighted by atomic mass is 127. The molecule has 0 spiro atoms. The molecule has 1 heterocycles. The van der Waals surface area contributed by atoms with Crippen LogP contribution in [0.25, 0.3) is 0 Å². The van der Waals surface area contributed by atoms with Crippen molar-refractivity contribution in [3.8, 4) is 0 Å². The van der Waals surface area contributed by atoms with Crippen molar-refractivity contribution in [2.24, 2.45) is 4.99 Å². The number of hydrogen-bond donors (Lipinski definition) is 2. The predicted octanol–water partition coefficient (Wildman–Crippen LogP) is 1.21. The quantitative estimate of drug-likeness (QED) is 0.385. The number of aliphatic imine (C=N–C) groups is 1. The maximum Gasteiger partial charge on any atom is 0.191 e. The number of rotatable bonds is 7. The van der Waals surface area contributed by atoms with Crippen molar-refractivity contribution in [2.45, 2.75) is 32.7 Å². The van der Waals surface area contributed by atoms with E-state index in [1.165, 1.54) is 19.4 Å². The second-order valence-electron chi connectivity index (χ2n) is 5.20. The van der Waals surface area contributed by atoms with Gasteiger partial charge in [-0.15, -0.1) is 24.0 Å². The van der Waals surface area contributed by atoms with E-state index in [0.29, 0.717) is 6.04 Å². The van der Waals surface area contributed by atoms with Crippen molar-refractivity contribution >= 4 is 29.9 Å². The minimum absolute atomic E-state index is 0. The number of halogens is 1. The van der Waals surface area contributed by atoms with E-state index < -0.39 is 0 Å². The topological polar surface area (TPSA) is 42.9 Å². The summed E-state index contributed by atoms with van der Waals surface area (Å²) in [4.78, 5) is 9.11. The number of guanidine groups is 1. The monoisotopic (exact) mass is 397 g/mol. The van der Waals surface area contributed by atoms with Crippen LogP contribution in [0.3, 0.4) is 0 Å². The Kier molecular flexibility index (Phi) is 11.5. The largest absolute Gasteiger partial charge is 0.355 e. The molecule has 0 aromatic carbocycles. The summed E-state index contributed by atoms with van der Waals surface area (Å²) < 4.78 is 0. The molecule has 2 N–H and O–H groups in total. The molecule has 0 aromatic rings. The van der Waals surface area contributed by atoms with Crippen LogP contribution < -0.4 is 10.6 Å². The van der Waals surface area contributed by atoms with Gasteiger partial charge in [-0.05, 0) is 39.5 Å². The second kappa shape index (κ2) is 11.6. The van der Waals surface area contributed by atoms with Crippen molar-refractivity contribution in [1.29, 1.82) is 0 Å². The van der Waals surface area contributed by atoms with Gasteiger partial charge in [-0.25, -0.2) is 0 Å². The smallest absolute Gasteiger partial charge is 0.191 e. The van der Waals surface area contributed by atoms with Crippen molar-refractivity contribution < 1.29 is 0 Å². The van der Waals surface area contributed by atoms with E-state index in [4.69, 9.17) is 0 Å². The van der Waals surface area contributed by atoms with Gasteiger partial charge in [0, 0.05) is 32.7 Å². The summed E-state index contributed by atoms with van der Waals surface area (Å²) in [5.74, 6) is 0.924. The van der Waals surface area contributed by atoms with Crippen LogP contribution in [0.1, 0.15) is 26.7 Å². The lowest BCUT2D eigenvalue weighted by molar-refractivity contribution is 0.267. The van der Waals surface area contributed by atoms with Crippen LogP contribution in [0, 0.1) is 0 Å². The van der Waals surface area contributed by atoms with Crippen molar-refractivity contribution in [3.63, 3.8) is 0 Å². The fourth-order valence-corrected chi connectivity index (χ4v) is 2.50. The first-order valence-corrected chi connectivity index (χ1v) is 7.58. The summed E-state index contributed by atoms with van der Waals surface area (Å²) >= 11 is 0. The molecule has 5 nitrogen and oxygen atoms in total. The highest BCUT2D eigenvalue weighted by Gasteiger charge is 2.22. The lowest BCUT2D eigenvalue weighted by Gasteiger charge is -2.24. The molecule has 1 atom stereocenters. The average molecular weight is 397 g/mol. The Balaban J connectivity index is 0.00000361. The summed E-state index contributed by atoms with van der Waals surface area (Å²) in [6, 6.07) is 0.668. The molecule has 0 saturated carbocycles. The van der Waals surface area contributed by atoms with E-state index in [1.807, 2.05) is 7.05 Å². The van der Waals surface area contributed by atoms with Gasteiger partial charge in [-0.3, -0.25) is 9.89 Å². The fraction of sp³-hybridized carbons (Fsp3) is 0.929. The SMILES string of the molecule is CCN(C)CCNC(=NC)NCC1CCCN1CC.I. The van der Waals surface area contributed by atoms with Gasteiger partial charge in [0.05, 0.1) is 0 Å². The normalized spacial score (nSPS) is 20.1. The van der Waals surface area contributed by atoms with Crippen molar-refractivity contribution in [1.82, 2.24) is 20.4 Å². The van der Waals surface area contributed by atoms with Crippen LogP contribution in [-0.4, -0.2) is 75.2 Å². The minimum Gasteiger partial charge on any atom is -0.355 e. The molecule has 6 heteroatoms. The highest BCUT2D eigenvalue weighted by molar-refractivity contribution is 14.0. The van der Waals surface area contributed by atoms with Gasteiger partial charge in [-0.1, -0.05) is 13.8 Å². The summed E-state index contributed by atoms with van der Waals surface area (Å²) in [5, 5.41) is 6.82. The van der Waals surface area contributed by atoms with Crippen LogP contribution in [0.4, 0.5) is 0 Å². The third kappa shape index (κ3) is 7.08. The van der Waals surface area contributed by atoms with Crippen LogP contribution in [0.15, 0.2) is 4.99 Å². The van der Waals surface area contributed by atoms with Crippen LogP contribution in [0.5, 0.6) is 0 Å². The molecule has 0 radical (unpaired) electrons. The zero-order chi connectivity index (χ0) is 14.1. The predicted molar refractivity (Wildman–Crippen MR) is 98.2 cm³/mol. The van der Waals surface area contributed by atoms with E-state index in [9.17, 15) is 0 Å². The minimum atomic E-state index is 0. The second-order valence-corrected chi connectivity index (χ2v) is 5.20. The van der Waals surface area contributed by atoms with Gasteiger partial charge < -0.3 is 15.5 Å². The van der Waals surface area contributed by atoms with Gasteiger partial charge in [0.2, 0.25) is 0 Å². The zero-order valence-electron chi connectivity index (χ0n) is 13.5. The van der Waals surface area contributed by atoms with Gasteiger partial charge >= 0.3 is 0 Å². The third-order valence-electron chi connectivity index (χ3n) is 3.96. The van der Waals surface area contributed by atoms with Crippen LogP contribution in [0.2, 0.25) is 0 Å². The molecular weight excluding hydrogens is 365 g/mol. The summed E-state index contributed by atoms with van der Waals surface area (Å²) in [7, 11) is 3.97. The average Bonchev–Trinajstić information content (AvgIpc) is 2.89. The molecule has 1 saturated heterocycles. The molecule has 1 rings (SSSR count). The Morgan fingerprint density at radius 2 is 2.10 bits per heavy atom. The van der Waals surface area contributed by atoms with Crippen molar-refractivity contribution in [2.75, 3.05) is 53.4 Å². The summed E-state index contributed by atoms with van der Waals surface area (Å²) in [6.07, 6.45) is 2.63. The first-order chi connectivity index (χ1) is 9.21. The fourth-order valence-electron chi connectivity index (χ4n) is 2.50. The Labute approximate surface area is 141 Å². The highest BCUT2D eigenvalue weighted by Crippen LogP contribution is 2.15. The number of nitrogens with zero attached hydrogens (tertiary/aromatic N) is 3. The summed E-state index contributed by atoms with van der Waals surface area (Å²) in [6.45, 7) is 10.9. The molecule has 1 aliphatic rings. The summed E-state index contributed by atoms with van der Waals surface area (Å²) in [5.41, 5.74) is 0. The molecule has 0 aromatic heterocycles. The molecule has 0 aliphatic carbocycles. The van der Waals surface area contributed by atoms with Crippen LogP contribution >= 0.6 is 24.0 Å². The van der Waals surface area contributed by atoms with E-state index in [0.717, 1.165) is 38.7 Å². The van der Waals surface area contributed by atoms with E-state index in [-0.39, 0.29) is 24.0 Å². The van der Waals surface area contributed by atoms with E-state index >= 15 is 0 Å². The molecular formula is C14H32IN5. The maximum atomic E-state index is 4.28. The van der Waals surface area contributed by atoms with Gasteiger partial charge in [-0.2, -0.15) is 0 Å². The van der Waals surface area contributed by atoms with Crippen molar-refractivity contribution in [3.05, 3.63) is 0 Å². The Bertz CT molecular complexity index is 272. The van der Waals surface area contributed by atoms with Crippen LogP contribution in [-0.2, 0) is 0 Å².